The first-order chi connectivity index (χ1) is 9.81. The third kappa shape index (κ3) is 1.85. The molecule has 0 aliphatic heterocycles. The summed E-state index contributed by atoms with van der Waals surface area (Å²) in [6, 6.07) is 5.87. The van der Waals surface area contributed by atoms with Crippen molar-refractivity contribution in [1.82, 2.24) is 24.9 Å². The molecule has 1 saturated carbocycles. The van der Waals surface area contributed by atoms with E-state index in [1.165, 1.54) is 0 Å². The minimum Gasteiger partial charge on any atom is -0.367 e. The van der Waals surface area contributed by atoms with Crippen molar-refractivity contribution in [3.63, 3.8) is 0 Å². The maximum atomic E-state index is 12.1. The molecule has 0 radical (unpaired) electrons. The van der Waals surface area contributed by atoms with E-state index in [4.69, 9.17) is 0 Å². The van der Waals surface area contributed by atoms with Crippen molar-refractivity contribution < 1.29 is 4.79 Å². The zero-order valence-corrected chi connectivity index (χ0v) is 10.7. The van der Waals surface area contributed by atoms with Crippen molar-refractivity contribution in [2.24, 2.45) is 0 Å². The van der Waals surface area contributed by atoms with E-state index in [1.54, 1.807) is 12.3 Å². The zero-order chi connectivity index (χ0) is 13.5. The van der Waals surface area contributed by atoms with Crippen LogP contribution in [-0.2, 0) is 0 Å². The standard InChI is InChI=1S/C14H13N5O/c20-14(16-11-2-3-11)10-1-4-12-17-18-13(19(12)8-10)9-5-6-15-7-9/h1,4-8,11,15H,2-3H2,(H,16,20). The number of fused-ring (bicyclic) bond motifs is 1. The second-order valence-electron chi connectivity index (χ2n) is 5.02. The van der Waals surface area contributed by atoms with Gasteiger partial charge >= 0.3 is 0 Å². The molecular weight excluding hydrogens is 254 g/mol. The molecule has 3 aromatic heterocycles. The van der Waals surface area contributed by atoms with E-state index in [9.17, 15) is 4.79 Å². The number of carbonyl (C=O) groups excluding carboxylic acids is 1. The Hall–Kier alpha value is -2.63. The Bertz CT molecular complexity index is 770. The van der Waals surface area contributed by atoms with E-state index >= 15 is 0 Å². The van der Waals surface area contributed by atoms with E-state index in [-0.39, 0.29) is 5.91 Å². The van der Waals surface area contributed by atoms with Crippen molar-refractivity contribution in [1.29, 1.82) is 0 Å². The number of hydrogen-bond donors (Lipinski definition) is 2. The number of nitrogens with zero attached hydrogens (tertiary/aromatic N) is 3. The molecule has 0 spiro atoms. The van der Waals surface area contributed by atoms with Gasteiger partial charge in [-0.1, -0.05) is 0 Å². The summed E-state index contributed by atoms with van der Waals surface area (Å²) in [4.78, 5) is 15.1. The monoisotopic (exact) mass is 267 g/mol. The van der Waals surface area contributed by atoms with Crippen LogP contribution < -0.4 is 5.32 Å². The summed E-state index contributed by atoms with van der Waals surface area (Å²) in [6.45, 7) is 0. The van der Waals surface area contributed by atoms with Crippen LogP contribution in [0, 0.1) is 0 Å². The highest BCUT2D eigenvalue weighted by atomic mass is 16.1. The fraction of sp³-hybridized carbons (Fsp3) is 0.214. The molecular formula is C14H13N5O. The van der Waals surface area contributed by atoms with E-state index in [0.29, 0.717) is 11.6 Å². The first-order valence-corrected chi connectivity index (χ1v) is 6.60. The molecule has 6 heteroatoms. The third-order valence-electron chi connectivity index (χ3n) is 3.43. The van der Waals surface area contributed by atoms with Crippen LogP contribution in [0.4, 0.5) is 0 Å². The normalized spacial score (nSPS) is 14.6. The molecule has 1 amide bonds. The second-order valence-corrected chi connectivity index (χ2v) is 5.02. The third-order valence-corrected chi connectivity index (χ3v) is 3.43. The molecule has 0 aromatic carbocycles. The van der Waals surface area contributed by atoms with Gasteiger partial charge in [0.05, 0.1) is 5.56 Å². The van der Waals surface area contributed by atoms with Crippen LogP contribution in [0.25, 0.3) is 17.0 Å². The summed E-state index contributed by atoms with van der Waals surface area (Å²) in [6.07, 6.45) is 7.63. The van der Waals surface area contributed by atoms with Crippen molar-refractivity contribution in [2.45, 2.75) is 18.9 Å². The number of hydrogen-bond acceptors (Lipinski definition) is 3. The highest BCUT2D eigenvalue weighted by molar-refractivity contribution is 5.94. The fourth-order valence-corrected chi connectivity index (χ4v) is 2.18. The van der Waals surface area contributed by atoms with Crippen LogP contribution in [-0.4, -0.2) is 31.5 Å². The number of aromatic amines is 1. The summed E-state index contributed by atoms with van der Waals surface area (Å²) in [5, 5.41) is 11.3. The number of H-pyrrole nitrogens is 1. The first kappa shape index (κ1) is 11.2. The average Bonchev–Trinajstić information content (AvgIpc) is 2.97. The van der Waals surface area contributed by atoms with E-state index in [0.717, 1.165) is 29.9 Å². The maximum absolute atomic E-state index is 12.1. The molecule has 3 heterocycles. The van der Waals surface area contributed by atoms with Gasteiger partial charge in [-0.25, -0.2) is 0 Å². The maximum Gasteiger partial charge on any atom is 0.252 e. The minimum atomic E-state index is -0.0388. The van der Waals surface area contributed by atoms with Gasteiger partial charge in [-0.2, -0.15) is 0 Å². The molecule has 3 aromatic rings. The molecule has 1 aliphatic carbocycles. The Kier molecular flexibility index (Phi) is 2.35. The van der Waals surface area contributed by atoms with Crippen LogP contribution >= 0.6 is 0 Å². The van der Waals surface area contributed by atoms with Crippen molar-refractivity contribution in [2.75, 3.05) is 0 Å². The Morgan fingerprint density at radius 1 is 1.30 bits per heavy atom. The number of pyridine rings is 1. The highest BCUT2D eigenvalue weighted by Crippen LogP contribution is 2.21. The minimum absolute atomic E-state index is 0.0388. The summed E-state index contributed by atoms with van der Waals surface area (Å²) in [5.41, 5.74) is 2.29. The molecule has 1 aliphatic rings. The van der Waals surface area contributed by atoms with Gasteiger partial charge in [0.1, 0.15) is 0 Å². The van der Waals surface area contributed by atoms with Crippen molar-refractivity contribution in [3.05, 3.63) is 42.4 Å². The number of amides is 1. The fourth-order valence-electron chi connectivity index (χ4n) is 2.18. The topological polar surface area (TPSA) is 75.1 Å². The Morgan fingerprint density at radius 3 is 2.95 bits per heavy atom. The van der Waals surface area contributed by atoms with Gasteiger partial charge in [-0.15, -0.1) is 10.2 Å². The smallest absolute Gasteiger partial charge is 0.252 e. The van der Waals surface area contributed by atoms with Gasteiger partial charge in [0, 0.05) is 30.2 Å². The molecule has 0 bridgehead atoms. The lowest BCUT2D eigenvalue weighted by Gasteiger charge is -2.04. The predicted octanol–water partition coefficient (Wildman–Crippen LogP) is 1.62. The van der Waals surface area contributed by atoms with Crippen LogP contribution in [0.1, 0.15) is 23.2 Å². The van der Waals surface area contributed by atoms with E-state index in [1.807, 2.05) is 28.9 Å². The molecule has 6 nitrogen and oxygen atoms in total. The molecule has 0 unspecified atom stereocenters. The van der Waals surface area contributed by atoms with Gasteiger partial charge in [-0.3, -0.25) is 9.20 Å². The number of aromatic nitrogens is 4. The van der Waals surface area contributed by atoms with Crippen molar-refractivity contribution in [3.8, 4) is 11.4 Å². The molecule has 4 rings (SSSR count). The second kappa shape index (κ2) is 4.19. The lowest BCUT2D eigenvalue weighted by atomic mass is 10.2. The number of nitrogens with one attached hydrogen (secondary N) is 2. The number of rotatable bonds is 3. The molecule has 100 valence electrons. The van der Waals surface area contributed by atoms with Crippen molar-refractivity contribution >= 4 is 11.6 Å². The van der Waals surface area contributed by atoms with Crippen LogP contribution in [0.2, 0.25) is 0 Å². The Labute approximate surface area is 114 Å². The summed E-state index contributed by atoms with van der Waals surface area (Å²) >= 11 is 0. The van der Waals surface area contributed by atoms with Gasteiger partial charge in [-0.05, 0) is 31.0 Å². The first-order valence-electron chi connectivity index (χ1n) is 6.60. The Balaban J connectivity index is 1.77. The number of carbonyl (C=O) groups is 1. The molecule has 0 saturated heterocycles. The molecule has 2 N–H and O–H groups in total. The lowest BCUT2D eigenvalue weighted by Crippen LogP contribution is -2.25. The van der Waals surface area contributed by atoms with Gasteiger partial charge < -0.3 is 10.3 Å². The SMILES string of the molecule is O=C(NC1CC1)c1ccc2nnc(-c3cc[nH]c3)n2c1. The predicted molar refractivity (Wildman–Crippen MR) is 73.3 cm³/mol. The van der Waals surface area contributed by atoms with E-state index in [2.05, 4.69) is 20.5 Å². The lowest BCUT2D eigenvalue weighted by molar-refractivity contribution is 0.0950. The van der Waals surface area contributed by atoms with Crippen LogP contribution in [0.5, 0.6) is 0 Å². The highest BCUT2D eigenvalue weighted by Gasteiger charge is 2.24. The van der Waals surface area contributed by atoms with E-state index < -0.39 is 0 Å². The molecule has 0 atom stereocenters. The van der Waals surface area contributed by atoms with Gasteiger partial charge in [0.15, 0.2) is 11.5 Å². The van der Waals surface area contributed by atoms with Crippen LogP contribution in [0.3, 0.4) is 0 Å². The van der Waals surface area contributed by atoms with Gasteiger partial charge in [0.25, 0.3) is 5.91 Å². The molecule has 20 heavy (non-hydrogen) atoms. The quantitative estimate of drug-likeness (QED) is 0.757. The Morgan fingerprint density at radius 2 is 2.20 bits per heavy atom. The summed E-state index contributed by atoms with van der Waals surface area (Å²) in [5.74, 6) is 0.686. The summed E-state index contributed by atoms with van der Waals surface area (Å²) < 4.78 is 1.84. The molecule has 1 fully saturated rings. The van der Waals surface area contributed by atoms with Crippen LogP contribution in [0.15, 0.2) is 36.8 Å². The average molecular weight is 267 g/mol. The van der Waals surface area contributed by atoms with Gasteiger partial charge in [0.2, 0.25) is 0 Å². The zero-order valence-electron chi connectivity index (χ0n) is 10.7. The summed E-state index contributed by atoms with van der Waals surface area (Å²) in [7, 11) is 0. The largest absolute Gasteiger partial charge is 0.367 e.